The Labute approximate surface area is 130 Å². The van der Waals surface area contributed by atoms with Gasteiger partial charge in [-0.05, 0) is 50.2 Å². The highest BCUT2D eigenvalue weighted by Crippen LogP contribution is 2.18. The first-order chi connectivity index (χ1) is 10.6. The third kappa shape index (κ3) is 2.69. The molecule has 1 fully saturated rings. The number of likely N-dealkylation sites (tertiary alicyclic amines) is 1. The summed E-state index contributed by atoms with van der Waals surface area (Å²) in [6, 6.07) is 11.9. The molecule has 1 aliphatic heterocycles. The van der Waals surface area contributed by atoms with Crippen molar-refractivity contribution >= 4 is 11.7 Å². The summed E-state index contributed by atoms with van der Waals surface area (Å²) in [7, 11) is 0. The Hall–Kier alpha value is -2.36. The number of aryl methyl sites for hydroxylation is 2. The fourth-order valence-electron chi connectivity index (χ4n) is 2.97. The zero-order valence-electron chi connectivity index (χ0n) is 13.0. The van der Waals surface area contributed by atoms with E-state index in [0.29, 0.717) is 31.5 Å². The minimum absolute atomic E-state index is 0.0139. The standard InChI is InChI=1S/C18H20N2O2/c1-13-3-4-14(2)20(13)16-7-5-15(6-8-16)18(22)19-11-9-17(21)10-12-19/h3-8H,9-12H2,1-2H3. The van der Waals surface area contributed by atoms with Crippen LogP contribution in [0.2, 0.25) is 0 Å². The van der Waals surface area contributed by atoms with Crippen molar-refractivity contribution in [2.75, 3.05) is 13.1 Å². The molecule has 0 unspecified atom stereocenters. The Bertz CT molecular complexity index is 684. The lowest BCUT2D eigenvalue weighted by molar-refractivity contribution is -0.120. The second-order valence-electron chi connectivity index (χ2n) is 5.83. The summed E-state index contributed by atoms with van der Waals surface area (Å²) in [5.74, 6) is 0.262. The zero-order valence-corrected chi connectivity index (χ0v) is 13.0. The van der Waals surface area contributed by atoms with Gasteiger partial charge in [0.1, 0.15) is 5.78 Å². The molecule has 0 aliphatic carbocycles. The molecule has 0 saturated carbocycles. The van der Waals surface area contributed by atoms with E-state index in [4.69, 9.17) is 0 Å². The smallest absolute Gasteiger partial charge is 0.253 e. The van der Waals surface area contributed by atoms with Gasteiger partial charge >= 0.3 is 0 Å². The summed E-state index contributed by atoms with van der Waals surface area (Å²) in [5.41, 5.74) is 4.09. The number of Topliss-reactive ketones (excluding diaryl/α,β-unsaturated/α-hetero) is 1. The number of rotatable bonds is 2. The molecule has 2 heterocycles. The van der Waals surface area contributed by atoms with E-state index in [1.165, 1.54) is 11.4 Å². The largest absolute Gasteiger partial charge is 0.338 e. The van der Waals surface area contributed by atoms with E-state index in [-0.39, 0.29) is 11.7 Å². The van der Waals surface area contributed by atoms with E-state index in [1.54, 1.807) is 4.90 Å². The molecule has 4 nitrogen and oxygen atoms in total. The van der Waals surface area contributed by atoms with Gasteiger partial charge < -0.3 is 9.47 Å². The average molecular weight is 296 g/mol. The van der Waals surface area contributed by atoms with Crippen LogP contribution in [0.15, 0.2) is 36.4 Å². The lowest BCUT2D eigenvalue weighted by Gasteiger charge is -2.26. The van der Waals surface area contributed by atoms with E-state index < -0.39 is 0 Å². The zero-order chi connectivity index (χ0) is 15.7. The molecule has 0 radical (unpaired) electrons. The minimum Gasteiger partial charge on any atom is -0.338 e. The van der Waals surface area contributed by atoms with Gasteiger partial charge in [-0.1, -0.05) is 0 Å². The fourth-order valence-corrected chi connectivity index (χ4v) is 2.97. The maximum absolute atomic E-state index is 12.4. The molecular formula is C18H20N2O2. The maximum atomic E-state index is 12.4. The second kappa shape index (κ2) is 5.79. The molecule has 1 aromatic carbocycles. The van der Waals surface area contributed by atoms with Crippen molar-refractivity contribution in [3.63, 3.8) is 0 Å². The number of carbonyl (C=O) groups is 2. The maximum Gasteiger partial charge on any atom is 0.253 e. The van der Waals surface area contributed by atoms with Crippen LogP contribution >= 0.6 is 0 Å². The summed E-state index contributed by atoms with van der Waals surface area (Å²) in [5, 5.41) is 0. The number of amides is 1. The first-order valence-electron chi connectivity index (χ1n) is 7.62. The lowest BCUT2D eigenvalue weighted by Crippen LogP contribution is -2.38. The van der Waals surface area contributed by atoms with Crippen LogP contribution in [-0.4, -0.2) is 34.2 Å². The summed E-state index contributed by atoms with van der Waals surface area (Å²) in [6.07, 6.45) is 0.956. The van der Waals surface area contributed by atoms with Gasteiger partial charge in [0.25, 0.3) is 5.91 Å². The lowest BCUT2D eigenvalue weighted by atomic mass is 10.1. The van der Waals surface area contributed by atoms with Crippen molar-refractivity contribution in [3.05, 3.63) is 53.3 Å². The summed E-state index contributed by atoms with van der Waals surface area (Å²) < 4.78 is 2.16. The number of nitrogens with zero attached hydrogens (tertiary/aromatic N) is 2. The van der Waals surface area contributed by atoms with Crippen LogP contribution in [0.25, 0.3) is 5.69 Å². The third-order valence-corrected chi connectivity index (χ3v) is 4.25. The highest BCUT2D eigenvalue weighted by Gasteiger charge is 2.21. The predicted octanol–water partition coefficient (Wildman–Crippen LogP) is 2.90. The van der Waals surface area contributed by atoms with Crippen LogP contribution in [0.1, 0.15) is 34.6 Å². The van der Waals surface area contributed by atoms with Crippen molar-refractivity contribution in [3.8, 4) is 5.69 Å². The highest BCUT2D eigenvalue weighted by atomic mass is 16.2. The Morgan fingerprint density at radius 2 is 1.45 bits per heavy atom. The van der Waals surface area contributed by atoms with Crippen LogP contribution in [0.4, 0.5) is 0 Å². The van der Waals surface area contributed by atoms with Gasteiger partial charge in [-0.3, -0.25) is 9.59 Å². The second-order valence-corrected chi connectivity index (χ2v) is 5.83. The van der Waals surface area contributed by atoms with Crippen molar-refractivity contribution in [2.45, 2.75) is 26.7 Å². The van der Waals surface area contributed by atoms with Crippen molar-refractivity contribution < 1.29 is 9.59 Å². The number of hydrogen-bond donors (Lipinski definition) is 0. The highest BCUT2D eigenvalue weighted by molar-refractivity contribution is 5.95. The van der Waals surface area contributed by atoms with Gasteiger partial charge in [0.15, 0.2) is 0 Å². The Balaban J connectivity index is 1.80. The quantitative estimate of drug-likeness (QED) is 0.855. The van der Waals surface area contributed by atoms with Gasteiger partial charge in [-0.25, -0.2) is 0 Å². The van der Waals surface area contributed by atoms with Gasteiger partial charge in [0, 0.05) is 48.6 Å². The molecule has 4 heteroatoms. The van der Waals surface area contributed by atoms with E-state index in [2.05, 4.69) is 30.5 Å². The molecule has 1 saturated heterocycles. The molecule has 0 N–H and O–H groups in total. The van der Waals surface area contributed by atoms with Crippen molar-refractivity contribution in [1.82, 2.24) is 9.47 Å². The molecule has 0 spiro atoms. The monoisotopic (exact) mass is 296 g/mol. The van der Waals surface area contributed by atoms with E-state index in [9.17, 15) is 9.59 Å². The molecule has 1 amide bonds. The third-order valence-electron chi connectivity index (χ3n) is 4.25. The number of piperidine rings is 1. The van der Waals surface area contributed by atoms with Crippen LogP contribution in [0.5, 0.6) is 0 Å². The Morgan fingerprint density at radius 1 is 0.909 bits per heavy atom. The number of hydrogen-bond acceptors (Lipinski definition) is 2. The predicted molar refractivity (Wildman–Crippen MR) is 85.4 cm³/mol. The number of benzene rings is 1. The van der Waals surface area contributed by atoms with Crippen LogP contribution in [0.3, 0.4) is 0 Å². The SMILES string of the molecule is Cc1ccc(C)n1-c1ccc(C(=O)N2CCC(=O)CC2)cc1. The molecule has 2 aromatic rings. The topological polar surface area (TPSA) is 42.3 Å². The number of ketones is 1. The number of carbonyl (C=O) groups excluding carboxylic acids is 2. The van der Waals surface area contributed by atoms with Gasteiger partial charge in [0.2, 0.25) is 0 Å². The van der Waals surface area contributed by atoms with E-state index in [0.717, 1.165) is 5.69 Å². The van der Waals surface area contributed by atoms with Crippen molar-refractivity contribution in [1.29, 1.82) is 0 Å². The Morgan fingerprint density at radius 3 is 2.00 bits per heavy atom. The normalized spacial score (nSPS) is 15.2. The van der Waals surface area contributed by atoms with Crippen LogP contribution in [0, 0.1) is 13.8 Å². The van der Waals surface area contributed by atoms with Gasteiger partial charge in [0.05, 0.1) is 0 Å². The first-order valence-corrected chi connectivity index (χ1v) is 7.62. The summed E-state index contributed by atoms with van der Waals surface area (Å²) in [4.78, 5) is 25.5. The molecule has 1 aromatic heterocycles. The summed E-state index contributed by atoms with van der Waals surface area (Å²) >= 11 is 0. The molecule has 0 bridgehead atoms. The minimum atomic E-state index is 0.0139. The van der Waals surface area contributed by atoms with Gasteiger partial charge in [-0.2, -0.15) is 0 Å². The average Bonchev–Trinajstić information content (AvgIpc) is 2.86. The molecule has 114 valence electrons. The molecular weight excluding hydrogens is 276 g/mol. The van der Waals surface area contributed by atoms with Crippen LogP contribution < -0.4 is 0 Å². The molecule has 0 atom stereocenters. The molecule has 22 heavy (non-hydrogen) atoms. The van der Waals surface area contributed by atoms with Gasteiger partial charge in [-0.15, -0.1) is 0 Å². The van der Waals surface area contributed by atoms with E-state index in [1.807, 2.05) is 24.3 Å². The molecule has 3 rings (SSSR count). The molecule has 1 aliphatic rings. The first kappa shape index (κ1) is 14.6. The Kier molecular flexibility index (Phi) is 3.84. The van der Waals surface area contributed by atoms with E-state index >= 15 is 0 Å². The van der Waals surface area contributed by atoms with Crippen molar-refractivity contribution in [2.24, 2.45) is 0 Å². The fraction of sp³-hybridized carbons (Fsp3) is 0.333. The van der Waals surface area contributed by atoms with Crippen LogP contribution in [-0.2, 0) is 4.79 Å². The summed E-state index contributed by atoms with van der Waals surface area (Å²) in [6.45, 7) is 5.21. The number of aromatic nitrogens is 1.